The van der Waals surface area contributed by atoms with Crippen molar-refractivity contribution in [1.82, 2.24) is 4.98 Å². The fourth-order valence-corrected chi connectivity index (χ4v) is 1.18. The molecule has 1 aromatic heterocycles. The molecule has 0 amide bonds. The average Bonchev–Trinajstić information content (AvgIpc) is 2.17. The van der Waals surface area contributed by atoms with Gasteiger partial charge in [-0.1, -0.05) is 6.07 Å². The van der Waals surface area contributed by atoms with Crippen LogP contribution in [0.15, 0.2) is 41.6 Å². The van der Waals surface area contributed by atoms with Crippen molar-refractivity contribution in [2.75, 3.05) is 0 Å². The molecule has 0 saturated heterocycles. The second kappa shape index (κ2) is 2.70. The Morgan fingerprint density at radius 3 is 2.92 bits per heavy atom. The van der Waals surface area contributed by atoms with Gasteiger partial charge < -0.3 is 0 Å². The normalized spacial score (nSPS) is 10.0. The van der Waals surface area contributed by atoms with Crippen LogP contribution in [0.4, 0.5) is 5.69 Å². The summed E-state index contributed by atoms with van der Waals surface area (Å²) in [5.41, 5.74) is 8.47. The summed E-state index contributed by atoms with van der Waals surface area (Å²) < 4.78 is 0. The van der Waals surface area contributed by atoms with Gasteiger partial charge in [0.2, 0.25) is 0 Å². The largest absolute Gasteiger partial charge is 0.256 e. The lowest BCUT2D eigenvalue weighted by molar-refractivity contribution is 1.15. The minimum absolute atomic E-state index is 0.667. The zero-order valence-corrected chi connectivity index (χ0v) is 6.36. The smallest absolute Gasteiger partial charge is 0.0943 e. The predicted octanol–water partition coefficient (Wildman–Crippen LogP) is 2.90. The Morgan fingerprint density at radius 1 is 1.17 bits per heavy atom. The maximum atomic E-state index is 6.92. The molecule has 0 saturated carbocycles. The predicted molar refractivity (Wildman–Crippen MR) is 46.6 cm³/mol. The first-order valence-corrected chi connectivity index (χ1v) is 3.63. The van der Waals surface area contributed by atoms with E-state index in [1.807, 2.05) is 24.3 Å². The number of rotatable bonds is 1. The van der Waals surface area contributed by atoms with Crippen LogP contribution in [0, 0.1) is 5.53 Å². The molecule has 0 atom stereocenters. The number of benzene rings is 1. The van der Waals surface area contributed by atoms with Gasteiger partial charge in [-0.15, -0.1) is 0 Å². The van der Waals surface area contributed by atoms with Crippen molar-refractivity contribution < 1.29 is 0 Å². The third kappa shape index (κ3) is 0.955. The highest BCUT2D eigenvalue weighted by Gasteiger charge is 1.97. The van der Waals surface area contributed by atoms with Crippen molar-refractivity contribution in [3.8, 4) is 0 Å². The molecular formula is C9H7N3. The summed E-state index contributed by atoms with van der Waals surface area (Å²) in [6.07, 6.45) is 1.73. The topological polar surface area (TPSA) is 49.1 Å². The van der Waals surface area contributed by atoms with E-state index in [1.54, 1.807) is 12.3 Å². The minimum Gasteiger partial charge on any atom is -0.256 e. The van der Waals surface area contributed by atoms with Crippen LogP contribution in [0.25, 0.3) is 10.9 Å². The van der Waals surface area contributed by atoms with Crippen molar-refractivity contribution in [2.24, 2.45) is 5.11 Å². The molecule has 12 heavy (non-hydrogen) atoms. The van der Waals surface area contributed by atoms with Crippen LogP contribution in [0.1, 0.15) is 0 Å². The number of fused-ring (bicyclic) bond motifs is 1. The second-order valence-corrected chi connectivity index (χ2v) is 2.46. The number of hydrogen-bond donors (Lipinski definition) is 1. The number of aromatic nitrogens is 1. The van der Waals surface area contributed by atoms with E-state index in [2.05, 4.69) is 10.1 Å². The molecule has 2 rings (SSSR count). The second-order valence-electron chi connectivity index (χ2n) is 2.46. The molecule has 0 aliphatic heterocycles. The van der Waals surface area contributed by atoms with E-state index in [9.17, 15) is 0 Å². The van der Waals surface area contributed by atoms with Gasteiger partial charge in [0.05, 0.1) is 11.2 Å². The molecule has 2 aromatic rings. The lowest BCUT2D eigenvalue weighted by Crippen LogP contribution is -1.75. The zero-order valence-electron chi connectivity index (χ0n) is 6.36. The quantitative estimate of drug-likeness (QED) is 0.635. The summed E-state index contributed by atoms with van der Waals surface area (Å²) in [5.74, 6) is 0. The monoisotopic (exact) mass is 157 g/mol. The van der Waals surface area contributed by atoms with Crippen LogP contribution in [0.5, 0.6) is 0 Å². The van der Waals surface area contributed by atoms with Gasteiger partial charge in [-0.3, -0.25) is 4.98 Å². The summed E-state index contributed by atoms with van der Waals surface area (Å²) in [6, 6.07) is 9.32. The third-order valence-electron chi connectivity index (χ3n) is 1.74. The first-order chi connectivity index (χ1) is 5.92. The molecule has 3 nitrogen and oxygen atoms in total. The number of nitrogens with zero attached hydrogens (tertiary/aromatic N) is 2. The van der Waals surface area contributed by atoms with Crippen LogP contribution in [0.2, 0.25) is 0 Å². The fourth-order valence-electron chi connectivity index (χ4n) is 1.18. The first-order valence-electron chi connectivity index (χ1n) is 3.63. The first kappa shape index (κ1) is 6.91. The lowest BCUT2D eigenvalue weighted by Gasteiger charge is -1.97. The molecule has 0 radical (unpaired) electrons. The Bertz CT molecular complexity index is 418. The van der Waals surface area contributed by atoms with Gasteiger partial charge in [-0.05, 0) is 24.3 Å². The molecular weight excluding hydrogens is 150 g/mol. The Morgan fingerprint density at radius 2 is 2.08 bits per heavy atom. The number of pyridine rings is 1. The van der Waals surface area contributed by atoms with Crippen LogP contribution < -0.4 is 0 Å². The summed E-state index contributed by atoms with van der Waals surface area (Å²) >= 11 is 0. The molecule has 0 unspecified atom stereocenters. The molecule has 0 aliphatic carbocycles. The van der Waals surface area contributed by atoms with Crippen LogP contribution in [-0.4, -0.2) is 4.98 Å². The van der Waals surface area contributed by atoms with E-state index in [-0.39, 0.29) is 0 Å². The Labute approximate surface area is 69.6 Å². The van der Waals surface area contributed by atoms with E-state index in [1.165, 1.54) is 0 Å². The van der Waals surface area contributed by atoms with Crippen molar-refractivity contribution in [1.29, 1.82) is 5.53 Å². The van der Waals surface area contributed by atoms with E-state index in [0.717, 1.165) is 10.9 Å². The van der Waals surface area contributed by atoms with Crippen molar-refractivity contribution in [3.05, 3.63) is 36.5 Å². The fraction of sp³-hybridized carbons (Fsp3) is 0. The standard InChI is InChI=1S/C9H7N3/c10-12-9-5-1-4-8-7(9)3-2-6-11-8/h1-6,10H. The van der Waals surface area contributed by atoms with Crippen LogP contribution in [0.3, 0.4) is 0 Å². The highest BCUT2D eigenvalue weighted by Crippen LogP contribution is 2.23. The molecule has 1 aromatic carbocycles. The average molecular weight is 157 g/mol. The van der Waals surface area contributed by atoms with Gasteiger partial charge in [-0.25, -0.2) is 5.53 Å². The lowest BCUT2D eigenvalue weighted by atomic mass is 10.2. The summed E-state index contributed by atoms with van der Waals surface area (Å²) in [7, 11) is 0. The van der Waals surface area contributed by atoms with E-state index < -0.39 is 0 Å². The zero-order chi connectivity index (χ0) is 8.39. The number of hydrogen-bond acceptors (Lipinski definition) is 3. The van der Waals surface area contributed by atoms with Crippen molar-refractivity contribution in [3.63, 3.8) is 0 Å². The molecule has 58 valence electrons. The molecule has 0 fully saturated rings. The maximum Gasteiger partial charge on any atom is 0.0943 e. The minimum atomic E-state index is 0.667. The Balaban J connectivity index is 2.88. The van der Waals surface area contributed by atoms with Gasteiger partial charge >= 0.3 is 0 Å². The van der Waals surface area contributed by atoms with Crippen molar-refractivity contribution >= 4 is 16.6 Å². The molecule has 1 N–H and O–H groups in total. The van der Waals surface area contributed by atoms with Gasteiger partial charge in [0.25, 0.3) is 0 Å². The maximum absolute atomic E-state index is 6.92. The van der Waals surface area contributed by atoms with Gasteiger partial charge in [0.1, 0.15) is 0 Å². The summed E-state index contributed by atoms with van der Waals surface area (Å²) in [5, 5.41) is 4.33. The Kier molecular flexibility index (Phi) is 1.55. The van der Waals surface area contributed by atoms with E-state index in [4.69, 9.17) is 5.53 Å². The highest BCUT2D eigenvalue weighted by atomic mass is 15.0. The Hall–Kier alpha value is -1.77. The van der Waals surface area contributed by atoms with E-state index in [0.29, 0.717) is 5.69 Å². The van der Waals surface area contributed by atoms with Gasteiger partial charge in [0.15, 0.2) is 0 Å². The van der Waals surface area contributed by atoms with Crippen LogP contribution >= 0.6 is 0 Å². The molecule has 0 spiro atoms. The highest BCUT2D eigenvalue weighted by molar-refractivity contribution is 5.89. The van der Waals surface area contributed by atoms with Gasteiger partial charge in [-0.2, -0.15) is 5.11 Å². The van der Waals surface area contributed by atoms with Crippen molar-refractivity contribution in [2.45, 2.75) is 0 Å². The SMILES string of the molecule is N=Nc1cccc2ncccc12. The third-order valence-corrected chi connectivity index (χ3v) is 1.74. The molecule has 0 bridgehead atoms. The molecule has 0 aliphatic rings. The van der Waals surface area contributed by atoms with Crippen LogP contribution in [-0.2, 0) is 0 Å². The van der Waals surface area contributed by atoms with Gasteiger partial charge in [0, 0.05) is 11.6 Å². The molecule has 3 heteroatoms. The van der Waals surface area contributed by atoms with E-state index >= 15 is 0 Å². The number of nitrogens with one attached hydrogen (secondary N) is 1. The summed E-state index contributed by atoms with van der Waals surface area (Å²) in [4.78, 5) is 4.15. The summed E-state index contributed by atoms with van der Waals surface area (Å²) in [6.45, 7) is 0. The molecule has 1 heterocycles.